The molecule has 2 rings (SSSR count). The monoisotopic (exact) mass is 352 g/mol. The quantitative estimate of drug-likeness (QED) is 0.775. The van der Waals surface area contributed by atoms with E-state index in [1.165, 1.54) is 24.3 Å². The third-order valence-electron chi connectivity index (χ3n) is 2.91. The zero-order valence-electron chi connectivity index (χ0n) is 13.3. The van der Waals surface area contributed by atoms with Crippen LogP contribution in [0.5, 0.6) is 5.75 Å². The number of halogens is 1. The van der Waals surface area contributed by atoms with Gasteiger partial charge < -0.3 is 14.8 Å². The second-order valence-corrected chi connectivity index (χ2v) is 5.88. The van der Waals surface area contributed by atoms with E-state index in [9.17, 15) is 14.0 Å². The number of likely N-dealkylation sites (N-methyl/N-ethyl adjacent to an activating group) is 1. The average Bonchev–Trinajstić information content (AvgIpc) is 2.93. The van der Waals surface area contributed by atoms with Crippen LogP contribution >= 0.6 is 11.3 Å². The van der Waals surface area contributed by atoms with Crippen molar-refractivity contribution in [3.63, 3.8) is 0 Å². The molecule has 8 heteroatoms. The van der Waals surface area contributed by atoms with Crippen LogP contribution in [-0.2, 0) is 16.1 Å². The topological polar surface area (TPSA) is 77.5 Å². The number of nitrogens with one attached hydrogen (secondary N) is 1. The molecule has 24 heavy (non-hydrogen) atoms. The van der Waals surface area contributed by atoms with Gasteiger partial charge in [-0.05, 0) is 38.1 Å². The van der Waals surface area contributed by atoms with Crippen molar-refractivity contribution in [2.24, 2.45) is 0 Å². The highest BCUT2D eigenvalue weighted by Gasteiger charge is 2.18. The van der Waals surface area contributed by atoms with Gasteiger partial charge in [-0.3, -0.25) is 4.79 Å². The number of nitrogens with zero attached hydrogens (tertiary/aromatic N) is 1. The molecule has 1 heterocycles. The minimum atomic E-state index is -0.593. The van der Waals surface area contributed by atoms with Gasteiger partial charge in [-0.25, -0.2) is 14.2 Å². The van der Waals surface area contributed by atoms with Crippen LogP contribution < -0.4 is 10.1 Å². The average molecular weight is 352 g/mol. The first-order valence-electron chi connectivity index (χ1n) is 7.28. The third-order valence-corrected chi connectivity index (χ3v) is 4.02. The van der Waals surface area contributed by atoms with Crippen LogP contribution in [0, 0.1) is 12.7 Å². The molecule has 0 aliphatic heterocycles. The van der Waals surface area contributed by atoms with Gasteiger partial charge in [-0.15, -0.1) is 11.3 Å². The number of esters is 1. The van der Waals surface area contributed by atoms with Crippen LogP contribution in [0.15, 0.2) is 24.3 Å². The predicted octanol–water partition coefficient (Wildman–Crippen LogP) is 2.46. The number of carbonyl (C=O) groups excluding carboxylic acids is 2. The van der Waals surface area contributed by atoms with Crippen molar-refractivity contribution in [2.75, 3.05) is 13.2 Å². The normalized spacial score (nSPS) is 10.3. The van der Waals surface area contributed by atoms with Crippen LogP contribution in [0.2, 0.25) is 0 Å². The molecule has 0 fully saturated rings. The molecule has 0 aliphatic rings. The standard InChI is InChI=1S/C16H17FN2O4S/c1-3-18-13(20)8-23-16(21)15-10(2)19-14(24-15)9-22-12-6-4-11(17)5-7-12/h4-7H,3,8-9H2,1-2H3,(H,18,20). The van der Waals surface area contributed by atoms with Gasteiger partial charge in [0.2, 0.25) is 0 Å². The molecule has 1 aromatic carbocycles. The third kappa shape index (κ3) is 5.02. The Kier molecular flexibility index (Phi) is 6.25. The number of thiazole rings is 1. The molecular formula is C16H17FN2O4S. The summed E-state index contributed by atoms with van der Waals surface area (Å²) in [6.45, 7) is 3.76. The van der Waals surface area contributed by atoms with E-state index in [0.29, 0.717) is 27.9 Å². The highest BCUT2D eigenvalue weighted by atomic mass is 32.1. The lowest BCUT2D eigenvalue weighted by Gasteiger charge is -2.03. The Hall–Kier alpha value is -2.48. The van der Waals surface area contributed by atoms with Gasteiger partial charge in [-0.2, -0.15) is 0 Å². The lowest BCUT2D eigenvalue weighted by Crippen LogP contribution is -2.28. The minimum Gasteiger partial charge on any atom is -0.486 e. The van der Waals surface area contributed by atoms with E-state index >= 15 is 0 Å². The molecular weight excluding hydrogens is 335 g/mol. The van der Waals surface area contributed by atoms with Crippen LogP contribution in [0.1, 0.15) is 27.3 Å². The van der Waals surface area contributed by atoms with Crippen molar-refractivity contribution in [1.29, 1.82) is 0 Å². The lowest BCUT2D eigenvalue weighted by atomic mass is 10.3. The van der Waals surface area contributed by atoms with Gasteiger partial charge in [0, 0.05) is 6.54 Å². The van der Waals surface area contributed by atoms with E-state index in [0.717, 1.165) is 11.3 Å². The van der Waals surface area contributed by atoms with E-state index in [2.05, 4.69) is 10.3 Å². The minimum absolute atomic E-state index is 0.154. The number of amides is 1. The summed E-state index contributed by atoms with van der Waals surface area (Å²) in [6.07, 6.45) is 0. The second-order valence-electron chi connectivity index (χ2n) is 4.79. The van der Waals surface area contributed by atoms with Gasteiger partial charge in [0.25, 0.3) is 5.91 Å². The Morgan fingerprint density at radius 2 is 2.00 bits per heavy atom. The number of hydrogen-bond donors (Lipinski definition) is 1. The van der Waals surface area contributed by atoms with Gasteiger partial charge in [0.15, 0.2) is 6.61 Å². The number of aromatic nitrogens is 1. The molecule has 6 nitrogen and oxygen atoms in total. The Morgan fingerprint density at radius 1 is 1.29 bits per heavy atom. The summed E-state index contributed by atoms with van der Waals surface area (Å²) < 4.78 is 23.3. The maximum atomic E-state index is 12.8. The molecule has 1 aromatic heterocycles. The largest absolute Gasteiger partial charge is 0.486 e. The fraction of sp³-hybridized carbons (Fsp3) is 0.312. The maximum absolute atomic E-state index is 12.8. The summed E-state index contributed by atoms with van der Waals surface area (Å²) in [7, 11) is 0. The van der Waals surface area contributed by atoms with Crippen molar-refractivity contribution in [3.8, 4) is 5.75 Å². The van der Waals surface area contributed by atoms with E-state index in [1.807, 2.05) is 0 Å². The first kappa shape index (κ1) is 17.9. The molecule has 0 radical (unpaired) electrons. The fourth-order valence-electron chi connectivity index (χ4n) is 1.82. The van der Waals surface area contributed by atoms with E-state index in [4.69, 9.17) is 9.47 Å². The Balaban J connectivity index is 1.92. The predicted molar refractivity (Wildman–Crippen MR) is 86.5 cm³/mol. The highest BCUT2D eigenvalue weighted by Crippen LogP contribution is 2.21. The number of ether oxygens (including phenoxy) is 2. The van der Waals surface area contributed by atoms with E-state index < -0.39 is 5.97 Å². The van der Waals surface area contributed by atoms with Crippen LogP contribution in [0.25, 0.3) is 0 Å². The molecule has 1 N–H and O–H groups in total. The van der Waals surface area contributed by atoms with Crippen molar-refractivity contribution in [3.05, 3.63) is 45.7 Å². The van der Waals surface area contributed by atoms with Crippen molar-refractivity contribution < 1.29 is 23.5 Å². The first-order valence-corrected chi connectivity index (χ1v) is 8.09. The van der Waals surface area contributed by atoms with Crippen molar-refractivity contribution in [1.82, 2.24) is 10.3 Å². The molecule has 0 unspecified atom stereocenters. The molecule has 0 saturated carbocycles. The Labute approximate surface area is 142 Å². The second kappa shape index (κ2) is 8.39. The number of carbonyl (C=O) groups is 2. The Bertz CT molecular complexity index is 715. The number of aryl methyl sites for hydroxylation is 1. The summed E-state index contributed by atoms with van der Waals surface area (Å²) in [5, 5.41) is 3.12. The molecule has 0 spiro atoms. The summed E-state index contributed by atoms with van der Waals surface area (Å²) in [5.41, 5.74) is 0.513. The van der Waals surface area contributed by atoms with Gasteiger partial charge in [0.05, 0.1) is 5.69 Å². The molecule has 0 atom stereocenters. The van der Waals surface area contributed by atoms with E-state index in [-0.39, 0.29) is 24.9 Å². The molecule has 1 amide bonds. The fourth-order valence-corrected chi connectivity index (χ4v) is 2.70. The smallest absolute Gasteiger partial charge is 0.350 e. The van der Waals surface area contributed by atoms with Crippen LogP contribution in [0.3, 0.4) is 0 Å². The SMILES string of the molecule is CCNC(=O)COC(=O)c1sc(COc2ccc(F)cc2)nc1C. The molecule has 128 valence electrons. The molecule has 0 saturated heterocycles. The summed E-state index contributed by atoms with van der Waals surface area (Å²) in [5.74, 6) is -0.786. The first-order chi connectivity index (χ1) is 11.5. The maximum Gasteiger partial charge on any atom is 0.350 e. The number of hydrogen-bond acceptors (Lipinski definition) is 6. The number of benzene rings is 1. The van der Waals surface area contributed by atoms with Gasteiger partial charge >= 0.3 is 5.97 Å². The molecule has 2 aromatic rings. The number of rotatable bonds is 7. The van der Waals surface area contributed by atoms with E-state index in [1.54, 1.807) is 13.8 Å². The molecule has 0 bridgehead atoms. The summed E-state index contributed by atoms with van der Waals surface area (Å²) in [6, 6.07) is 5.62. The van der Waals surface area contributed by atoms with Crippen molar-refractivity contribution >= 4 is 23.2 Å². The lowest BCUT2D eigenvalue weighted by molar-refractivity contribution is -0.124. The molecule has 0 aliphatic carbocycles. The summed E-state index contributed by atoms with van der Waals surface area (Å²) in [4.78, 5) is 27.9. The van der Waals surface area contributed by atoms with Crippen LogP contribution in [-0.4, -0.2) is 30.0 Å². The van der Waals surface area contributed by atoms with Gasteiger partial charge in [-0.1, -0.05) is 0 Å². The zero-order valence-corrected chi connectivity index (χ0v) is 14.1. The summed E-state index contributed by atoms with van der Waals surface area (Å²) >= 11 is 1.14. The zero-order chi connectivity index (χ0) is 17.5. The van der Waals surface area contributed by atoms with Gasteiger partial charge in [0.1, 0.15) is 28.1 Å². The Morgan fingerprint density at radius 3 is 2.67 bits per heavy atom. The highest BCUT2D eigenvalue weighted by molar-refractivity contribution is 7.13. The van der Waals surface area contributed by atoms with Crippen LogP contribution in [0.4, 0.5) is 4.39 Å². The van der Waals surface area contributed by atoms with Crippen molar-refractivity contribution in [2.45, 2.75) is 20.5 Å².